The first-order valence-corrected chi connectivity index (χ1v) is 8.51. The number of rotatable bonds is 4. The SMILES string of the molecule is COc1ccc([C@@H](C)NC(=O)c2cc3c(C(F)(F)F)nn(C)c3s2)cc1. The van der Waals surface area contributed by atoms with E-state index in [1.165, 1.54) is 13.1 Å². The maximum absolute atomic E-state index is 13.1. The van der Waals surface area contributed by atoms with Crippen LogP contribution in [0.4, 0.5) is 13.2 Å². The molecule has 3 aromatic rings. The van der Waals surface area contributed by atoms with E-state index in [4.69, 9.17) is 4.74 Å². The summed E-state index contributed by atoms with van der Waals surface area (Å²) in [5.74, 6) is 0.270. The van der Waals surface area contributed by atoms with Crippen LogP contribution in [0.1, 0.15) is 33.9 Å². The first-order chi connectivity index (χ1) is 12.2. The van der Waals surface area contributed by atoms with Crippen molar-refractivity contribution in [2.75, 3.05) is 7.11 Å². The number of methoxy groups -OCH3 is 1. The Morgan fingerprint density at radius 1 is 1.31 bits per heavy atom. The summed E-state index contributed by atoms with van der Waals surface area (Å²) in [6.07, 6.45) is -4.56. The van der Waals surface area contributed by atoms with Gasteiger partial charge in [0.25, 0.3) is 5.91 Å². The summed E-state index contributed by atoms with van der Waals surface area (Å²) in [5.41, 5.74) is -0.119. The minimum atomic E-state index is -4.56. The van der Waals surface area contributed by atoms with E-state index in [2.05, 4.69) is 10.4 Å². The highest BCUT2D eigenvalue weighted by atomic mass is 32.1. The number of hydrogen-bond acceptors (Lipinski definition) is 4. The smallest absolute Gasteiger partial charge is 0.435 e. The number of aromatic nitrogens is 2. The van der Waals surface area contributed by atoms with Crippen molar-refractivity contribution in [3.05, 3.63) is 46.5 Å². The number of alkyl halides is 3. The van der Waals surface area contributed by atoms with Crippen molar-refractivity contribution in [1.82, 2.24) is 15.1 Å². The second-order valence-electron chi connectivity index (χ2n) is 5.77. The van der Waals surface area contributed by atoms with Gasteiger partial charge in [0, 0.05) is 12.4 Å². The first-order valence-electron chi connectivity index (χ1n) is 7.69. The van der Waals surface area contributed by atoms with Crippen LogP contribution in [0.25, 0.3) is 10.2 Å². The van der Waals surface area contributed by atoms with Gasteiger partial charge in [0.1, 0.15) is 10.6 Å². The molecule has 5 nitrogen and oxygen atoms in total. The molecule has 9 heteroatoms. The van der Waals surface area contributed by atoms with Crippen LogP contribution in [-0.2, 0) is 13.2 Å². The summed E-state index contributed by atoms with van der Waals surface area (Å²) in [7, 11) is 2.99. The molecule has 1 amide bonds. The second kappa shape index (κ2) is 6.64. The molecule has 0 aliphatic heterocycles. The number of amides is 1. The van der Waals surface area contributed by atoms with Crippen LogP contribution in [0.3, 0.4) is 0 Å². The molecule has 26 heavy (non-hydrogen) atoms. The largest absolute Gasteiger partial charge is 0.497 e. The zero-order valence-electron chi connectivity index (χ0n) is 14.2. The number of halogens is 3. The average Bonchev–Trinajstić information content (AvgIpc) is 3.15. The van der Waals surface area contributed by atoms with Crippen molar-refractivity contribution >= 4 is 27.5 Å². The van der Waals surface area contributed by atoms with Gasteiger partial charge in [-0.05, 0) is 30.7 Å². The number of carbonyl (C=O) groups is 1. The van der Waals surface area contributed by atoms with E-state index >= 15 is 0 Å². The van der Waals surface area contributed by atoms with Crippen LogP contribution >= 0.6 is 11.3 Å². The van der Waals surface area contributed by atoms with Gasteiger partial charge in [0.15, 0.2) is 5.69 Å². The zero-order chi connectivity index (χ0) is 19.1. The normalized spacial score (nSPS) is 13.0. The number of ether oxygens (including phenoxy) is 1. The Labute approximate surface area is 151 Å². The predicted molar refractivity (Wildman–Crippen MR) is 92.5 cm³/mol. The highest BCUT2D eigenvalue weighted by molar-refractivity contribution is 7.20. The number of carbonyl (C=O) groups excluding carboxylic acids is 1. The van der Waals surface area contributed by atoms with Gasteiger partial charge in [-0.1, -0.05) is 12.1 Å². The van der Waals surface area contributed by atoms with E-state index < -0.39 is 17.8 Å². The fraction of sp³-hybridized carbons (Fsp3) is 0.294. The van der Waals surface area contributed by atoms with E-state index in [9.17, 15) is 18.0 Å². The Balaban J connectivity index is 1.83. The molecule has 0 saturated carbocycles. The fourth-order valence-electron chi connectivity index (χ4n) is 2.61. The molecule has 138 valence electrons. The molecule has 0 aliphatic rings. The molecule has 0 saturated heterocycles. The number of benzene rings is 1. The van der Waals surface area contributed by atoms with E-state index in [1.807, 2.05) is 12.1 Å². The Bertz CT molecular complexity index is 945. The second-order valence-corrected chi connectivity index (χ2v) is 6.80. The molecule has 2 aromatic heterocycles. The molecule has 1 N–H and O–H groups in total. The monoisotopic (exact) mass is 383 g/mol. The number of fused-ring (bicyclic) bond motifs is 1. The molecule has 0 fully saturated rings. The van der Waals surface area contributed by atoms with E-state index in [0.29, 0.717) is 10.6 Å². The summed E-state index contributed by atoms with van der Waals surface area (Å²) in [6, 6.07) is 8.13. The van der Waals surface area contributed by atoms with Crippen molar-refractivity contribution in [3.63, 3.8) is 0 Å². The van der Waals surface area contributed by atoms with Crippen LogP contribution in [0.2, 0.25) is 0 Å². The standard InChI is InChI=1S/C17H16F3N3O2S/c1-9(10-4-6-11(25-3)7-5-10)21-15(24)13-8-12-14(17(18,19)20)22-23(2)16(12)26-13/h4-9H,1-3H3,(H,21,24)/t9-/m1/s1. The Hall–Kier alpha value is -2.55. The lowest BCUT2D eigenvalue weighted by molar-refractivity contribution is -0.140. The van der Waals surface area contributed by atoms with Crippen molar-refractivity contribution < 1.29 is 22.7 Å². The highest BCUT2D eigenvalue weighted by Gasteiger charge is 2.37. The quantitative estimate of drug-likeness (QED) is 0.736. The average molecular weight is 383 g/mol. The topological polar surface area (TPSA) is 56.1 Å². The minimum absolute atomic E-state index is 0.0627. The molecule has 0 aliphatic carbocycles. The summed E-state index contributed by atoms with van der Waals surface area (Å²) in [5, 5.41) is 6.24. The number of thiophene rings is 1. The number of aryl methyl sites for hydroxylation is 1. The van der Waals surface area contributed by atoms with E-state index in [0.717, 1.165) is 21.6 Å². The third kappa shape index (κ3) is 3.39. The lowest BCUT2D eigenvalue weighted by Gasteiger charge is -2.14. The molecular formula is C17H16F3N3O2S. The lowest BCUT2D eigenvalue weighted by atomic mass is 10.1. The molecule has 0 radical (unpaired) electrons. The summed E-state index contributed by atoms with van der Waals surface area (Å²) in [6.45, 7) is 1.80. The lowest BCUT2D eigenvalue weighted by Crippen LogP contribution is -2.25. The Morgan fingerprint density at radius 2 is 1.96 bits per heavy atom. The number of nitrogens with zero attached hydrogens (tertiary/aromatic N) is 2. The van der Waals surface area contributed by atoms with Gasteiger partial charge in [0.05, 0.1) is 18.0 Å². The van der Waals surface area contributed by atoms with Crippen LogP contribution < -0.4 is 10.1 Å². The maximum Gasteiger partial charge on any atom is 0.435 e. The molecule has 2 heterocycles. The highest BCUT2D eigenvalue weighted by Crippen LogP contribution is 2.37. The zero-order valence-corrected chi connectivity index (χ0v) is 15.0. The minimum Gasteiger partial charge on any atom is -0.497 e. The third-order valence-corrected chi connectivity index (χ3v) is 5.17. The van der Waals surface area contributed by atoms with Gasteiger partial charge in [-0.15, -0.1) is 11.3 Å². The maximum atomic E-state index is 13.1. The van der Waals surface area contributed by atoms with Crippen molar-refractivity contribution in [1.29, 1.82) is 0 Å². The summed E-state index contributed by atoms with van der Waals surface area (Å²) in [4.78, 5) is 13.0. The molecule has 1 aromatic carbocycles. The van der Waals surface area contributed by atoms with Crippen molar-refractivity contribution in [3.8, 4) is 5.75 Å². The van der Waals surface area contributed by atoms with Gasteiger partial charge < -0.3 is 10.1 Å². The number of nitrogens with one attached hydrogen (secondary N) is 1. The van der Waals surface area contributed by atoms with Crippen LogP contribution in [-0.4, -0.2) is 22.8 Å². The van der Waals surface area contributed by atoms with Gasteiger partial charge in [0.2, 0.25) is 0 Å². The van der Waals surface area contributed by atoms with Crippen LogP contribution in [0, 0.1) is 0 Å². The molecule has 1 atom stereocenters. The predicted octanol–water partition coefficient (Wildman–Crippen LogP) is 4.15. The molecule has 0 spiro atoms. The fourth-order valence-corrected chi connectivity index (χ4v) is 3.58. The first kappa shape index (κ1) is 18.2. The van der Waals surface area contributed by atoms with Gasteiger partial charge in [-0.3, -0.25) is 9.48 Å². The van der Waals surface area contributed by atoms with Crippen molar-refractivity contribution in [2.45, 2.75) is 19.1 Å². The number of hydrogen-bond donors (Lipinski definition) is 1. The summed E-state index contributed by atoms with van der Waals surface area (Å²) < 4.78 is 45.4. The third-order valence-electron chi connectivity index (χ3n) is 3.97. The van der Waals surface area contributed by atoms with Gasteiger partial charge >= 0.3 is 6.18 Å². The van der Waals surface area contributed by atoms with E-state index in [1.54, 1.807) is 26.2 Å². The molecular weight excluding hydrogens is 367 g/mol. The van der Waals surface area contributed by atoms with Gasteiger partial charge in [-0.25, -0.2) is 0 Å². The van der Waals surface area contributed by atoms with Crippen LogP contribution in [0.15, 0.2) is 30.3 Å². The Kier molecular flexibility index (Phi) is 4.66. The summed E-state index contributed by atoms with van der Waals surface area (Å²) >= 11 is 0.981. The molecule has 0 bridgehead atoms. The molecule has 0 unspecified atom stereocenters. The van der Waals surface area contributed by atoms with Crippen LogP contribution in [0.5, 0.6) is 5.75 Å². The van der Waals surface area contributed by atoms with Gasteiger partial charge in [-0.2, -0.15) is 18.3 Å². The molecule has 3 rings (SSSR count). The van der Waals surface area contributed by atoms with Crippen molar-refractivity contribution in [2.24, 2.45) is 7.05 Å². The Morgan fingerprint density at radius 3 is 2.54 bits per heavy atom. The van der Waals surface area contributed by atoms with E-state index in [-0.39, 0.29) is 16.3 Å².